The third kappa shape index (κ3) is 4.10. The van der Waals surface area contributed by atoms with Gasteiger partial charge in [-0.15, -0.1) is 0 Å². The van der Waals surface area contributed by atoms with Crippen LogP contribution >= 0.6 is 11.6 Å². The maximum Gasteiger partial charge on any atom is 0.122 e. The lowest BCUT2D eigenvalue weighted by atomic mass is 10.1. The van der Waals surface area contributed by atoms with Gasteiger partial charge in [0, 0.05) is 5.02 Å². The van der Waals surface area contributed by atoms with E-state index in [1.807, 2.05) is 18.2 Å². The van der Waals surface area contributed by atoms with E-state index in [1.165, 1.54) is 0 Å². The fourth-order valence-electron chi connectivity index (χ4n) is 1.47. The number of hydrogen-bond donors (Lipinski definition) is 1. The van der Waals surface area contributed by atoms with Gasteiger partial charge in [0.05, 0.1) is 7.11 Å². The van der Waals surface area contributed by atoms with Crippen molar-refractivity contribution in [3.63, 3.8) is 0 Å². The van der Waals surface area contributed by atoms with Crippen LogP contribution in [0.5, 0.6) is 5.75 Å². The molecule has 1 rings (SSSR count). The van der Waals surface area contributed by atoms with Gasteiger partial charge < -0.3 is 10.1 Å². The van der Waals surface area contributed by atoms with E-state index in [-0.39, 0.29) is 0 Å². The van der Waals surface area contributed by atoms with Crippen molar-refractivity contribution in [2.24, 2.45) is 0 Å². The predicted molar refractivity (Wildman–Crippen MR) is 64.9 cm³/mol. The molecule has 2 nitrogen and oxygen atoms in total. The molecule has 0 unspecified atom stereocenters. The van der Waals surface area contributed by atoms with Gasteiger partial charge in [-0.25, -0.2) is 0 Å². The summed E-state index contributed by atoms with van der Waals surface area (Å²) in [6.07, 6.45) is 2.11. The molecule has 0 saturated carbocycles. The zero-order chi connectivity index (χ0) is 11.1. The van der Waals surface area contributed by atoms with E-state index in [2.05, 4.69) is 12.2 Å². The van der Waals surface area contributed by atoms with Gasteiger partial charge in [-0.1, -0.05) is 18.5 Å². The highest BCUT2D eigenvalue weighted by atomic mass is 35.5. The first-order chi connectivity index (χ1) is 7.27. The molecule has 0 radical (unpaired) electrons. The van der Waals surface area contributed by atoms with Gasteiger partial charge in [0.25, 0.3) is 0 Å². The Kier molecular flexibility index (Phi) is 5.51. The summed E-state index contributed by atoms with van der Waals surface area (Å²) in [7, 11) is 1.69. The van der Waals surface area contributed by atoms with E-state index in [0.29, 0.717) is 0 Å². The molecule has 0 aliphatic rings. The quantitative estimate of drug-likeness (QED) is 0.755. The monoisotopic (exact) mass is 227 g/mol. The second kappa shape index (κ2) is 6.70. The summed E-state index contributed by atoms with van der Waals surface area (Å²) in [5.74, 6) is 0.915. The van der Waals surface area contributed by atoms with Gasteiger partial charge in [0.2, 0.25) is 0 Å². The molecule has 0 amide bonds. The maximum atomic E-state index is 5.94. The Bertz CT molecular complexity index is 302. The summed E-state index contributed by atoms with van der Waals surface area (Å²) in [5, 5.41) is 4.12. The number of ether oxygens (including phenoxy) is 1. The average molecular weight is 228 g/mol. The number of benzene rings is 1. The highest BCUT2D eigenvalue weighted by Gasteiger charge is 2.02. The standard InChI is InChI=1S/C12H18ClNO/c1-3-7-14-8-6-10-9-11(13)4-5-12(10)15-2/h4-5,9,14H,3,6-8H2,1-2H3. The lowest BCUT2D eigenvalue weighted by molar-refractivity contribution is 0.409. The Balaban J connectivity index is 2.54. The molecule has 1 aromatic carbocycles. The smallest absolute Gasteiger partial charge is 0.122 e. The number of hydrogen-bond acceptors (Lipinski definition) is 2. The molecule has 84 valence electrons. The van der Waals surface area contributed by atoms with Crippen molar-refractivity contribution in [3.8, 4) is 5.75 Å². The lowest BCUT2D eigenvalue weighted by Crippen LogP contribution is -2.18. The molecule has 1 aromatic rings. The second-order valence-corrected chi connectivity index (χ2v) is 3.89. The molecule has 15 heavy (non-hydrogen) atoms. The van der Waals surface area contributed by atoms with Crippen molar-refractivity contribution in [2.75, 3.05) is 20.2 Å². The van der Waals surface area contributed by atoms with Crippen molar-refractivity contribution in [2.45, 2.75) is 19.8 Å². The van der Waals surface area contributed by atoms with Gasteiger partial charge in [-0.3, -0.25) is 0 Å². The van der Waals surface area contributed by atoms with E-state index in [0.717, 1.165) is 42.3 Å². The van der Waals surface area contributed by atoms with Crippen LogP contribution in [0.1, 0.15) is 18.9 Å². The summed E-state index contributed by atoms with van der Waals surface area (Å²) in [4.78, 5) is 0. The molecule has 0 fully saturated rings. The summed E-state index contributed by atoms with van der Waals surface area (Å²) in [5.41, 5.74) is 1.16. The van der Waals surface area contributed by atoms with Gasteiger partial charge in [0.1, 0.15) is 5.75 Å². The van der Waals surface area contributed by atoms with Crippen LogP contribution in [0.15, 0.2) is 18.2 Å². The molecule has 0 spiro atoms. The molecular weight excluding hydrogens is 210 g/mol. The third-order valence-corrected chi connectivity index (χ3v) is 2.48. The van der Waals surface area contributed by atoms with E-state index >= 15 is 0 Å². The van der Waals surface area contributed by atoms with Crippen molar-refractivity contribution >= 4 is 11.6 Å². The van der Waals surface area contributed by atoms with E-state index in [1.54, 1.807) is 7.11 Å². The molecule has 1 N–H and O–H groups in total. The second-order valence-electron chi connectivity index (χ2n) is 3.46. The molecule has 0 saturated heterocycles. The molecule has 0 aliphatic carbocycles. The Morgan fingerprint density at radius 1 is 1.33 bits per heavy atom. The highest BCUT2D eigenvalue weighted by Crippen LogP contribution is 2.22. The number of methoxy groups -OCH3 is 1. The summed E-state index contributed by atoms with van der Waals surface area (Å²) in [6.45, 7) is 4.18. The minimum absolute atomic E-state index is 0.765. The minimum atomic E-state index is 0.765. The first kappa shape index (κ1) is 12.3. The van der Waals surface area contributed by atoms with Crippen LogP contribution in [0, 0.1) is 0 Å². The normalized spacial score (nSPS) is 10.3. The highest BCUT2D eigenvalue weighted by molar-refractivity contribution is 6.30. The number of halogens is 1. The largest absolute Gasteiger partial charge is 0.496 e. The Morgan fingerprint density at radius 3 is 2.80 bits per heavy atom. The van der Waals surface area contributed by atoms with Crippen molar-refractivity contribution in [3.05, 3.63) is 28.8 Å². The van der Waals surface area contributed by atoms with Crippen molar-refractivity contribution in [1.29, 1.82) is 0 Å². The van der Waals surface area contributed by atoms with Crippen LogP contribution < -0.4 is 10.1 Å². The Morgan fingerprint density at radius 2 is 2.13 bits per heavy atom. The third-order valence-electron chi connectivity index (χ3n) is 2.24. The van der Waals surface area contributed by atoms with E-state index in [9.17, 15) is 0 Å². The Labute approximate surface area is 96.6 Å². The van der Waals surface area contributed by atoms with Crippen molar-refractivity contribution in [1.82, 2.24) is 5.32 Å². The summed E-state index contributed by atoms with van der Waals surface area (Å²) >= 11 is 5.94. The summed E-state index contributed by atoms with van der Waals surface area (Å²) < 4.78 is 5.27. The topological polar surface area (TPSA) is 21.3 Å². The van der Waals surface area contributed by atoms with Gasteiger partial charge in [-0.05, 0) is 49.7 Å². The fraction of sp³-hybridized carbons (Fsp3) is 0.500. The molecular formula is C12H18ClNO. The van der Waals surface area contributed by atoms with Gasteiger partial charge in [-0.2, -0.15) is 0 Å². The van der Waals surface area contributed by atoms with E-state index < -0.39 is 0 Å². The molecule has 0 bridgehead atoms. The predicted octanol–water partition coefficient (Wildman–Crippen LogP) is 2.89. The fourth-order valence-corrected chi connectivity index (χ4v) is 1.66. The first-order valence-electron chi connectivity index (χ1n) is 5.31. The number of nitrogens with one attached hydrogen (secondary N) is 1. The van der Waals surface area contributed by atoms with Gasteiger partial charge >= 0.3 is 0 Å². The molecule has 0 atom stereocenters. The zero-order valence-corrected chi connectivity index (χ0v) is 10.1. The minimum Gasteiger partial charge on any atom is -0.496 e. The van der Waals surface area contributed by atoms with Crippen LogP contribution in [-0.4, -0.2) is 20.2 Å². The van der Waals surface area contributed by atoms with Crippen LogP contribution in [0.2, 0.25) is 5.02 Å². The van der Waals surface area contributed by atoms with Crippen LogP contribution in [0.25, 0.3) is 0 Å². The van der Waals surface area contributed by atoms with Crippen LogP contribution in [-0.2, 0) is 6.42 Å². The van der Waals surface area contributed by atoms with Crippen LogP contribution in [0.3, 0.4) is 0 Å². The molecule has 0 aliphatic heterocycles. The summed E-state index contributed by atoms with van der Waals surface area (Å²) in [6, 6.07) is 5.73. The lowest BCUT2D eigenvalue weighted by Gasteiger charge is -2.09. The van der Waals surface area contributed by atoms with Crippen LogP contribution in [0.4, 0.5) is 0 Å². The van der Waals surface area contributed by atoms with E-state index in [4.69, 9.17) is 16.3 Å². The molecule has 0 heterocycles. The Hall–Kier alpha value is -0.730. The SMILES string of the molecule is CCCNCCc1cc(Cl)ccc1OC. The first-order valence-corrected chi connectivity index (χ1v) is 5.69. The van der Waals surface area contributed by atoms with Crippen molar-refractivity contribution < 1.29 is 4.74 Å². The number of rotatable bonds is 6. The molecule has 0 aromatic heterocycles. The van der Waals surface area contributed by atoms with Gasteiger partial charge in [0.15, 0.2) is 0 Å². The zero-order valence-electron chi connectivity index (χ0n) is 9.35. The maximum absolute atomic E-state index is 5.94. The average Bonchev–Trinajstić information content (AvgIpc) is 2.25. The molecule has 3 heteroatoms.